The van der Waals surface area contributed by atoms with E-state index in [4.69, 9.17) is 9.47 Å². The summed E-state index contributed by atoms with van der Waals surface area (Å²) in [7, 11) is 0. The number of rotatable bonds is 13. The summed E-state index contributed by atoms with van der Waals surface area (Å²) in [5.41, 5.74) is 4.84. The minimum atomic E-state index is -0.743. The third kappa shape index (κ3) is 8.86. The Morgan fingerprint density at radius 3 is 2.04 bits per heavy atom. The van der Waals surface area contributed by atoms with Crippen LogP contribution in [0.3, 0.4) is 0 Å². The van der Waals surface area contributed by atoms with Crippen molar-refractivity contribution in [3.63, 3.8) is 0 Å². The topological polar surface area (TPSA) is 82.0 Å². The monoisotopic (exact) mass is 664 g/mol. The molecule has 252 valence electrons. The maximum absolute atomic E-state index is 12.3. The molecule has 0 spiro atoms. The highest BCUT2D eigenvalue weighted by atomic mass is 32.2. The van der Waals surface area contributed by atoms with Crippen LogP contribution in [-0.2, 0) is 23.0 Å². The van der Waals surface area contributed by atoms with Gasteiger partial charge in [0.25, 0.3) is 0 Å². The van der Waals surface area contributed by atoms with Gasteiger partial charge in [0, 0.05) is 6.42 Å². The predicted octanol–water partition coefficient (Wildman–Crippen LogP) is 10.1. The van der Waals surface area contributed by atoms with E-state index in [9.17, 15) is 14.8 Å². The van der Waals surface area contributed by atoms with Gasteiger partial charge in [-0.05, 0) is 84.4 Å². The molecular weight excluding hydrogens is 617 g/mol. The normalized spacial score (nSPS) is 15.8. The molecule has 0 saturated carbocycles. The molecule has 4 aromatic rings. The third-order valence-corrected chi connectivity index (χ3v) is 11.0. The molecule has 2 aliphatic rings. The Hall–Kier alpha value is -4.13. The fourth-order valence-corrected chi connectivity index (χ4v) is 7.73. The Morgan fingerprint density at radius 1 is 0.750 bits per heavy atom. The highest BCUT2D eigenvalue weighted by Crippen LogP contribution is 2.47. The zero-order valence-electron chi connectivity index (χ0n) is 28.1. The summed E-state index contributed by atoms with van der Waals surface area (Å²) in [6.45, 7) is 4.61. The van der Waals surface area contributed by atoms with Crippen molar-refractivity contribution in [2.75, 3.05) is 12.5 Å². The molecule has 0 radical (unpaired) electrons. The Kier molecular flexibility index (Phi) is 12.7. The summed E-state index contributed by atoms with van der Waals surface area (Å²) in [5.74, 6) is 3.05. The molecule has 2 unspecified atom stereocenters. The van der Waals surface area contributed by atoms with Crippen LogP contribution in [-0.4, -0.2) is 32.6 Å². The van der Waals surface area contributed by atoms with Gasteiger partial charge in [0.2, 0.25) is 6.79 Å². The minimum Gasteiger partial charge on any atom is -0.616 e. The van der Waals surface area contributed by atoms with Crippen molar-refractivity contribution >= 4 is 16.7 Å². The van der Waals surface area contributed by atoms with E-state index in [2.05, 4.69) is 38.1 Å². The summed E-state index contributed by atoms with van der Waals surface area (Å²) in [6.07, 6.45) is 12.7. The lowest BCUT2D eigenvalue weighted by atomic mass is 9.66. The van der Waals surface area contributed by atoms with E-state index >= 15 is 0 Å². The van der Waals surface area contributed by atoms with Gasteiger partial charge in [-0.2, -0.15) is 0 Å². The van der Waals surface area contributed by atoms with E-state index < -0.39 is 16.6 Å². The van der Waals surface area contributed by atoms with Crippen LogP contribution in [0.25, 0.3) is 5.57 Å². The Balaban J connectivity index is 0.000000191. The first-order valence-electron chi connectivity index (χ1n) is 17.2. The van der Waals surface area contributed by atoms with Gasteiger partial charge in [-0.15, -0.1) is 0 Å². The maximum Gasteiger partial charge on any atom is 0.231 e. The first-order chi connectivity index (χ1) is 23.4. The van der Waals surface area contributed by atoms with E-state index in [1.54, 1.807) is 18.2 Å². The van der Waals surface area contributed by atoms with Crippen LogP contribution in [0.5, 0.6) is 17.2 Å². The van der Waals surface area contributed by atoms with Gasteiger partial charge < -0.3 is 24.2 Å². The standard InChI is InChI=1S/C24H20O2.C18H28O3S/c25-22-14-11-18(12-15-22)19-13-16-23(26)24(17-19,20-7-3-1-4-8-20)21-9-5-2-6-10-21;1-3-4-5-6-7-8-11-22(19)15(2)12-16-9-10-17-18(13-16)21-14-20-17/h1-16,25-26H,17H2;9-10,13,15H,3-8,11-12,14H2,1-2H3. The van der Waals surface area contributed by atoms with Gasteiger partial charge >= 0.3 is 0 Å². The number of ether oxygens (including phenoxy) is 2. The van der Waals surface area contributed by atoms with E-state index in [0.717, 1.165) is 52.4 Å². The van der Waals surface area contributed by atoms with Crippen LogP contribution in [0.4, 0.5) is 0 Å². The lowest BCUT2D eigenvalue weighted by Gasteiger charge is -2.37. The van der Waals surface area contributed by atoms with Crippen molar-refractivity contribution in [1.82, 2.24) is 0 Å². The SMILES string of the molecule is CCCCCCCC[S+]([O-])C(C)Cc1ccc2c(c1)OCO2.OC1=CC=C(c2ccc(O)cc2)CC1(c1ccccc1)c1ccccc1. The van der Waals surface area contributed by atoms with Crippen LogP contribution in [0.1, 0.15) is 81.0 Å². The van der Waals surface area contributed by atoms with Crippen molar-refractivity contribution in [2.24, 2.45) is 0 Å². The molecule has 1 aliphatic heterocycles. The number of aliphatic hydroxyl groups is 1. The van der Waals surface area contributed by atoms with Crippen molar-refractivity contribution in [1.29, 1.82) is 0 Å². The van der Waals surface area contributed by atoms with Gasteiger partial charge in [0.15, 0.2) is 11.5 Å². The summed E-state index contributed by atoms with van der Waals surface area (Å²) < 4.78 is 23.0. The number of hydrogen-bond acceptors (Lipinski definition) is 5. The first-order valence-corrected chi connectivity index (χ1v) is 18.6. The van der Waals surface area contributed by atoms with E-state index in [0.29, 0.717) is 19.0 Å². The van der Waals surface area contributed by atoms with Crippen molar-refractivity contribution in [3.05, 3.63) is 143 Å². The number of aliphatic hydroxyl groups excluding tert-OH is 1. The van der Waals surface area contributed by atoms with Crippen LogP contribution in [0.2, 0.25) is 0 Å². The van der Waals surface area contributed by atoms with E-state index in [-0.39, 0.29) is 11.0 Å². The van der Waals surface area contributed by atoms with Crippen LogP contribution in [0.15, 0.2) is 121 Å². The molecule has 1 aliphatic carbocycles. The molecule has 0 fully saturated rings. The lowest BCUT2D eigenvalue weighted by Crippen LogP contribution is -2.32. The number of allylic oxidation sites excluding steroid dienone is 4. The molecular formula is C42H48O5S. The number of phenols is 1. The molecule has 0 bridgehead atoms. The molecule has 48 heavy (non-hydrogen) atoms. The molecule has 1 heterocycles. The highest BCUT2D eigenvalue weighted by Gasteiger charge is 2.41. The van der Waals surface area contributed by atoms with Gasteiger partial charge in [-0.3, -0.25) is 0 Å². The molecule has 6 heteroatoms. The predicted molar refractivity (Wildman–Crippen MR) is 197 cm³/mol. The molecule has 2 N–H and O–H groups in total. The van der Waals surface area contributed by atoms with Crippen LogP contribution >= 0.6 is 0 Å². The van der Waals surface area contributed by atoms with E-state index in [1.165, 1.54) is 37.7 Å². The second-order valence-corrected chi connectivity index (χ2v) is 14.6. The number of fused-ring (bicyclic) bond motifs is 1. The fourth-order valence-electron chi connectivity index (χ4n) is 6.46. The Morgan fingerprint density at radius 2 is 1.38 bits per heavy atom. The molecule has 0 amide bonds. The summed E-state index contributed by atoms with van der Waals surface area (Å²) in [6, 6.07) is 33.5. The fraction of sp³-hybridized carbons (Fsp3) is 0.333. The number of hydrogen-bond donors (Lipinski definition) is 2. The molecule has 4 aromatic carbocycles. The molecule has 6 rings (SSSR count). The third-order valence-electron chi connectivity index (χ3n) is 9.21. The summed E-state index contributed by atoms with van der Waals surface area (Å²) >= 11 is -0.743. The lowest BCUT2D eigenvalue weighted by molar-refractivity contribution is 0.174. The number of unbranched alkanes of at least 4 members (excludes halogenated alkanes) is 5. The van der Waals surface area contributed by atoms with Gasteiger partial charge in [0.1, 0.15) is 22.5 Å². The van der Waals surface area contributed by atoms with Crippen LogP contribution in [0, 0.1) is 0 Å². The largest absolute Gasteiger partial charge is 0.616 e. The van der Waals surface area contributed by atoms with Crippen LogP contribution < -0.4 is 9.47 Å². The maximum atomic E-state index is 12.3. The summed E-state index contributed by atoms with van der Waals surface area (Å²) in [4.78, 5) is 0. The number of benzene rings is 4. The average molecular weight is 665 g/mol. The smallest absolute Gasteiger partial charge is 0.231 e. The molecule has 0 saturated heterocycles. The minimum absolute atomic E-state index is 0.191. The second kappa shape index (κ2) is 17.3. The molecule has 2 atom stereocenters. The average Bonchev–Trinajstić information content (AvgIpc) is 3.59. The highest BCUT2D eigenvalue weighted by molar-refractivity contribution is 7.91. The zero-order chi connectivity index (χ0) is 33.8. The van der Waals surface area contributed by atoms with Gasteiger partial charge in [0.05, 0.1) is 5.41 Å². The van der Waals surface area contributed by atoms with Gasteiger partial charge in [-0.1, -0.05) is 129 Å². The summed E-state index contributed by atoms with van der Waals surface area (Å²) in [5, 5.41) is 20.8. The van der Waals surface area contributed by atoms with Crippen molar-refractivity contribution < 1.29 is 24.2 Å². The van der Waals surface area contributed by atoms with Crippen molar-refractivity contribution in [3.8, 4) is 17.2 Å². The van der Waals surface area contributed by atoms with E-state index in [1.807, 2.05) is 72.8 Å². The Labute approximate surface area is 289 Å². The Bertz CT molecular complexity index is 1590. The molecule has 5 nitrogen and oxygen atoms in total. The second-order valence-electron chi connectivity index (χ2n) is 12.7. The quantitative estimate of drug-likeness (QED) is 0.110. The number of aromatic hydroxyl groups is 1. The molecule has 0 aromatic heterocycles. The number of phenolic OH excluding ortho intramolecular Hbond substituents is 1. The van der Waals surface area contributed by atoms with Gasteiger partial charge in [-0.25, -0.2) is 0 Å². The zero-order valence-corrected chi connectivity index (χ0v) is 29.0. The first kappa shape index (κ1) is 35.2. The van der Waals surface area contributed by atoms with Crippen molar-refractivity contribution in [2.45, 2.75) is 75.9 Å².